The second-order valence-corrected chi connectivity index (χ2v) is 9.23. The summed E-state index contributed by atoms with van der Waals surface area (Å²) in [5.74, 6) is -0.938. The van der Waals surface area contributed by atoms with Crippen molar-refractivity contribution in [2.75, 3.05) is 4.90 Å². The molecule has 36 heavy (non-hydrogen) atoms. The third-order valence-electron chi connectivity index (χ3n) is 5.95. The van der Waals surface area contributed by atoms with Gasteiger partial charge in [-0.15, -0.1) is 0 Å². The number of barbiturate groups is 1. The van der Waals surface area contributed by atoms with E-state index in [9.17, 15) is 14.4 Å². The molecule has 1 fully saturated rings. The molecule has 0 saturated carbocycles. The first-order chi connectivity index (χ1) is 17.4. The van der Waals surface area contributed by atoms with Crippen molar-refractivity contribution < 1.29 is 19.1 Å². The number of hydrogen-bond acceptors (Lipinski definition) is 4. The number of hydrogen-bond donors (Lipinski definition) is 1. The van der Waals surface area contributed by atoms with Gasteiger partial charge < -0.3 is 4.74 Å². The van der Waals surface area contributed by atoms with Crippen LogP contribution in [0.15, 0.2) is 95.0 Å². The highest BCUT2D eigenvalue weighted by atomic mass is 79.9. The predicted molar refractivity (Wildman–Crippen MR) is 143 cm³/mol. The third kappa shape index (κ3) is 4.53. The average molecular weight is 541 g/mol. The van der Waals surface area contributed by atoms with Gasteiger partial charge in [0.15, 0.2) is 0 Å². The lowest BCUT2D eigenvalue weighted by Gasteiger charge is -2.26. The minimum atomic E-state index is -0.783. The summed E-state index contributed by atoms with van der Waals surface area (Å²) in [4.78, 5) is 39.8. The number of imide groups is 2. The Kier molecular flexibility index (Phi) is 6.40. The van der Waals surface area contributed by atoms with Crippen LogP contribution in [0, 0.1) is 6.92 Å². The molecule has 178 valence electrons. The van der Waals surface area contributed by atoms with Crippen LogP contribution in [0.5, 0.6) is 5.75 Å². The fourth-order valence-electron chi connectivity index (χ4n) is 4.05. The normalized spacial score (nSPS) is 14.9. The Morgan fingerprint density at radius 2 is 1.61 bits per heavy atom. The van der Waals surface area contributed by atoms with E-state index in [4.69, 9.17) is 4.74 Å². The van der Waals surface area contributed by atoms with Crippen LogP contribution < -0.4 is 15.0 Å². The molecule has 6 nitrogen and oxygen atoms in total. The molecule has 0 bridgehead atoms. The number of halogens is 1. The van der Waals surface area contributed by atoms with Crippen LogP contribution in [0.1, 0.15) is 16.7 Å². The molecule has 5 rings (SSSR count). The second kappa shape index (κ2) is 9.79. The number of carbonyl (C=O) groups is 3. The van der Waals surface area contributed by atoms with E-state index in [1.54, 1.807) is 24.3 Å². The van der Waals surface area contributed by atoms with Gasteiger partial charge in [-0.25, -0.2) is 9.69 Å². The van der Waals surface area contributed by atoms with E-state index in [1.807, 2.05) is 67.6 Å². The van der Waals surface area contributed by atoms with Crippen LogP contribution in [-0.4, -0.2) is 17.8 Å². The highest BCUT2D eigenvalue weighted by Gasteiger charge is 2.37. The molecule has 1 saturated heterocycles. The number of ether oxygens (including phenoxy) is 1. The van der Waals surface area contributed by atoms with E-state index in [0.29, 0.717) is 17.0 Å². The number of nitrogens with one attached hydrogen (secondary N) is 1. The Morgan fingerprint density at radius 1 is 0.889 bits per heavy atom. The number of amides is 4. The van der Waals surface area contributed by atoms with Gasteiger partial charge in [0.1, 0.15) is 17.9 Å². The van der Waals surface area contributed by atoms with E-state index in [2.05, 4.69) is 21.2 Å². The maximum absolute atomic E-state index is 13.4. The largest absolute Gasteiger partial charge is 0.488 e. The molecule has 0 radical (unpaired) electrons. The van der Waals surface area contributed by atoms with Crippen molar-refractivity contribution in [3.63, 3.8) is 0 Å². The van der Waals surface area contributed by atoms with E-state index in [-0.39, 0.29) is 12.2 Å². The quantitative estimate of drug-likeness (QED) is 0.243. The van der Waals surface area contributed by atoms with E-state index < -0.39 is 17.8 Å². The van der Waals surface area contributed by atoms with Crippen molar-refractivity contribution in [3.8, 4) is 5.75 Å². The molecule has 4 aromatic rings. The summed E-state index contributed by atoms with van der Waals surface area (Å²) in [6, 6.07) is 25.3. The molecule has 7 heteroatoms. The molecule has 0 unspecified atom stereocenters. The summed E-state index contributed by atoms with van der Waals surface area (Å²) in [6.07, 6.45) is 1.50. The van der Waals surface area contributed by atoms with Gasteiger partial charge in [-0.05, 0) is 48.0 Å². The zero-order chi connectivity index (χ0) is 25.2. The first kappa shape index (κ1) is 23.5. The predicted octanol–water partition coefficient (Wildman–Crippen LogP) is 6.16. The smallest absolute Gasteiger partial charge is 0.335 e. The van der Waals surface area contributed by atoms with Gasteiger partial charge in [0.2, 0.25) is 0 Å². The summed E-state index contributed by atoms with van der Waals surface area (Å²) in [7, 11) is 0. The molecule has 4 aromatic carbocycles. The number of fused-ring (bicyclic) bond motifs is 1. The average Bonchev–Trinajstić information content (AvgIpc) is 2.87. The fraction of sp³-hybridized carbons (Fsp3) is 0.0690. The zero-order valence-electron chi connectivity index (χ0n) is 19.3. The molecule has 0 spiro atoms. The third-order valence-corrected chi connectivity index (χ3v) is 6.73. The number of benzene rings is 4. The lowest BCUT2D eigenvalue weighted by Crippen LogP contribution is -2.54. The molecule has 0 aliphatic carbocycles. The standard InChI is InChI=1S/C29H21BrN2O4/c1-18-10-13-21(14-11-18)32-28(34)24(27(33)31-29(32)35)16-23-22-8-4-2-6-19(22)12-15-26(23)36-17-20-7-3-5-9-25(20)30/h2-16H,17H2,1H3,(H,31,33,35)/b24-16+. The highest BCUT2D eigenvalue weighted by Crippen LogP contribution is 2.33. The van der Waals surface area contributed by atoms with Crippen LogP contribution in [-0.2, 0) is 16.2 Å². The van der Waals surface area contributed by atoms with Crippen LogP contribution in [0.4, 0.5) is 10.5 Å². The van der Waals surface area contributed by atoms with Gasteiger partial charge >= 0.3 is 6.03 Å². The molecule has 1 aliphatic rings. The van der Waals surface area contributed by atoms with Crippen LogP contribution in [0.2, 0.25) is 0 Å². The summed E-state index contributed by atoms with van der Waals surface area (Å²) in [5, 5.41) is 4.03. The lowest BCUT2D eigenvalue weighted by molar-refractivity contribution is -0.122. The number of urea groups is 1. The lowest BCUT2D eigenvalue weighted by atomic mass is 9.99. The minimum absolute atomic E-state index is 0.155. The number of aryl methyl sites for hydroxylation is 1. The van der Waals surface area contributed by atoms with Crippen molar-refractivity contribution in [2.24, 2.45) is 0 Å². The minimum Gasteiger partial charge on any atom is -0.488 e. The number of rotatable bonds is 5. The summed E-state index contributed by atoms with van der Waals surface area (Å²) in [6.45, 7) is 2.19. The summed E-state index contributed by atoms with van der Waals surface area (Å²) < 4.78 is 7.09. The van der Waals surface area contributed by atoms with Crippen molar-refractivity contribution in [1.29, 1.82) is 0 Å². The maximum atomic E-state index is 13.4. The SMILES string of the molecule is Cc1ccc(N2C(=O)NC(=O)/C(=C\c3c(OCc4ccccc4Br)ccc4ccccc34)C2=O)cc1. The Hall–Kier alpha value is -4.23. The number of carbonyl (C=O) groups excluding carboxylic acids is 3. The first-order valence-corrected chi connectivity index (χ1v) is 12.1. The Morgan fingerprint density at radius 3 is 2.39 bits per heavy atom. The van der Waals surface area contributed by atoms with Gasteiger partial charge in [-0.3, -0.25) is 14.9 Å². The molecule has 1 heterocycles. The van der Waals surface area contributed by atoms with Gasteiger partial charge in [-0.1, -0.05) is 82.2 Å². The molecular formula is C29H21BrN2O4. The van der Waals surface area contributed by atoms with E-state index in [1.165, 1.54) is 6.08 Å². The highest BCUT2D eigenvalue weighted by molar-refractivity contribution is 9.10. The van der Waals surface area contributed by atoms with Crippen molar-refractivity contribution >= 4 is 56.3 Å². The Labute approximate surface area is 216 Å². The van der Waals surface area contributed by atoms with E-state index >= 15 is 0 Å². The van der Waals surface area contributed by atoms with Gasteiger partial charge in [0.25, 0.3) is 11.8 Å². The molecule has 4 amide bonds. The molecule has 1 aliphatic heterocycles. The first-order valence-electron chi connectivity index (χ1n) is 11.3. The zero-order valence-corrected chi connectivity index (χ0v) is 20.9. The summed E-state index contributed by atoms with van der Waals surface area (Å²) >= 11 is 3.54. The number of anilines is 1. The maximum Gasteiger partial charge on any atom is 0.335 e. The monoisotopic (exact) mass is 540 g/mol. The van der Waals surface area contributed by atoms with Crippen molar-refractivity contribution in [1.82, 2.24) is 5.32 Å². The van der Waals surface area contributed by atoms with Crippen LogP contribution in [0.25, 0.3) is 16.8 Å². The molecular weight excluding hydrogens is 520 g/mol. The second-order valence-electron chi connectivity index (χ2n) is 8.37. The van der Waals surface area contributed by atoms with Crippen LogP contribution >= 0.6 is 15.9 Å². The Balaban J connectivity index is 1.59. The Bertz CT molecular complexity index is 1540. The van der Waals surface area contributed by atoms with Gasteiger partial charge in [-0.2, -0.15) is 0 Å². The topological polar surface area (TPSA) is 75.7 Å². The molecule has 0 atom stereocenters. The van der Waals surface area contributed by atoms with Gasteiger partial charge in [0.05, 0.1) is 5.69 Å². The van der Waals surface area contributed by atoms with Crippen LogP contribution in [0.3, 0.4) is 0 Å². The van der Waals surface area contributed by atoms with Crippen molar-refractivity contribution in [3.05, 3.63) is 112 Å². The van der Waals surface area contributed by atoms with Gasteiger partial charge in [0, 0.05) is 15.6 Å². The summed E-state index contributed by atoms with van der Waals surface area (Å²) in [5.41, 5.74) is 2.74. The molecule has 0 aromatic heterocycles. The van der Waals surface area contributed by atoms with Crippen molar-refractivity contribution in [2.45, 2.75) is 13.5 Å². The fourth-order valence-corrected chi connectivity index (χ4v) is 4.45. The van der Waals surface area contributed by atoms with E-state index in [0.717, 1.165) is 31.3 Å². The molecule has 1 N–H and O–H groups in total. The number of nitrogens with zero attached hydrogens (tertiary/aromatic N) is 1.